The van der Waals surface area contributed by atoms with E-state index < -0.39 is 0 Å². The fourth-order valence-electron chi connectivity index (χ4n) is 1.01. The van der Waals surface area contributed by atoms with Crippen LogP contribution in [0.15, 0.2) is 0 Å². The van der Waals surface area contributed by atoms with E-state index in [4.69, 9.17) is 11.6 Å². The molecule has 9 heavy (non-hydrogen) atoms. The van der Waals surface area contributed by atoms with E-state index in [2.05, 4.69) is 0 Å². The molecule has 0 N–H and O–H groups in total. The molecule has 1 rings (SSSR count). The second kappa shape index (κ2) is 2.56. The van der Waals surface area contributed by atoms with Crippen molar-refractivity contribution in [1.29, 1.82) is 0 Å². The number of carbonyl (C=O) groups is 1. The summed E-state index contributed by atoms with van der Waals surface area (Å²) in [5.41, 5.74) is 0. The van der Waals surface area contributed by atoms with Crippen LogP contribution < -0.4 is 0 Å². The summed E-state index contributed by atoms with van der Waals surface area (Å²) in [7, 11) is 0. The zero-order valence-electron chi connectivity index (χ0n) is 5.43. The molecule has 3 heteroatoms. The minimum atomic E-state index is -0.245. The van der Waals surface area contributed by atoms with Gasteiger partial charge in [-0.1, -0.05) is 0 Å². The third kappa shape index (κ3) is 1.18. The van der Waals surface area contributed by atoms with Crippen LogP contribution in [0, 0.1) is 0 Å². The van der Waals surface area contributed by atoms with Crippen LogP contribution in [0.25, 0.3) is 0 Å². The molecule has 1 unspecified atom stereocenters. The molecule has 0 radical (unpaired) electrons. The van der Waals surface area contributed by atoms with Crippen LogP contribution in [0.3, 0.4) is 0 Å². The zero-order valence-corrected chi connectivity index (χ0v) is 6.19. The molecule has 0 bridgehead atoms. The molecule has 1 fully saturated rings. The van der Waals surface area contributed by atoms with Crippen molar-refractivity contribution in [3.63, 3.8) is 0 Å². The van der Waals surface area contributed by atoms with E-state index in [-0.39, 0.29) is 11.3 Å². The molecule has 52 valence electrons. The fourth-order valence-corrected chi connectivity index (χ4v) is 1.25. The summed E-state index contributed by atoms with van der Waals surface area (Å²) in [5, 5.41) is -0.245. The Morgan fingerprint density at radius 3 is 2.78 bits per heavy atom. The van der Waals surface area contributed by atoms with E-state index in [9.17, 15) is 4.79 Å². The van der Waals surface area contributed by atoms with Crippen molar-refractivity contribution in [3.05, 3.63) is 0 Å². The van der Waals surface area contributed by atoms with Crippen LogP contribution in [0.4, 0.5) is 0 Å². The molecule has 1 atom stereocenters. The van der Waals surface area contributed by atoms with Crippen LogP contribution in [-0.2, 0) is 4.79 Å². The fraction of sp³-hybridized carbons (Fsp3) is 0.833. The number of hydrogen-bond acceptors (Lipinski definition) is 1. The lowest BCUT2D eigenvalue weighted by Crippen LogP contribution is -2.26. The third-order valence-electron chi connectivity index (χ3n) is 1.61. The highest BCUT2D eigenvalue weighted by atomic mass is 35.5. The third-order valence-corrected chi connectivity index (χ3v) is 2.02. The van der Waals surface area contributed by atoms with Crippen molar-refractivity contribution in [2.45, 2.75) is 18.7 Å². The Hall–Kier alpha value is -0.240. The summed E-state index contributed by atoms with van der Waals surface area (Å²) < 4.78 is 0. The second-order valence-electron chi connectivity index (χ2n) is 2.17. The average molecular weight is 148 g/mol. The Labute approximate surface area is 59.8 Å². The molecule has 0 aromatic rings. The van der Waals surface area contributed by atoms with Crippen LogP contribution in [0.5, 0.6) is 0 Å². The molecule has 0 spiro atoms. The predicted octanol–water partition coefficient (Wildman–Crippen LogP) is 0.846. The van der Waals surface area contributed by atoms with E-state index in [1.807, 2.05) is 6.92 Å². The van der Waals surface area contributed by atoms with Crippen molar-refractivity contribution in [2.75, 3.05) is 13.1 Å². The van der Waals surface area contributed by atoms with Crippen molar-refractivity contribution in [2.24, 2.45) is 0 Å². The number of carbonyl (C=O) groups excluding carboxylic acids is 1. The highest BCUT2D eigenvalue weighted by Crippen LogP contribution is 2.15. The Morgan fingerprint density at radius 1 is 1.89 bits per heavy atom. The molecule has 1 aliphatic heterocycles. The first kappa shape index (κ1) is 6.87. The number of hydrogen-bond donors (Lipinski definition) is 0. The normalized spacial score (nSPS) is 27.6. The standard InChI is InChI=1S/C6H10ClNO/c1-2-8-4-3-5(7)6(8)9/h5H,2-4H2,1H3. The molecule has 1 aliphatic rings. The van der Waals surface area contributed by atoms with Crippen LogP contribution in [0.1, 0.15) is 13.3 Å². The van der Waals surface area contributed by atoms with Gasteiger partial charge in [0.25, 0.3) is 0 Å². The first-order valence-corrected chi connectivity index (χ1v) is 3.62. The molecule has 1 heterocycles. The Bertz CT molecular complexity index is 126. The number of likely N-dealkylation sites (tertiary alicyclic amines) is 1. The maximum Gasteiger partial charge on any atom is 0.240 e. The van der Waals surface area contributed by atoms with Gasteiger partial charge >= 0.3 is 0 Å². The Morgan fingerprint density at radius 2 is 2.56 bits per heavy atom. The van der Waals surface area contributed by atoms with Gasteiger partial charge in [0.2, 0.25) is 5.91 Å². The number of rotatable bonds is 1. The van der Waals surface area contributed by atoms with Gasteiger partial charge in [-0.05, 0) is 13.3 Å². The smallest absolute Gasteiger partial charge is 0.240 e. The molecule has 0 aromatic carbocycles. The van der Waals surface area contributed by atoms with E-state index in [1.54, 1.807) is 4.90 Å². The number of nitrogens with zero attached hydrogens (tertiary/aromatic N) is 1. The number of alkyl halides is 1. The number of amides is 1. The van der Waals surface area contributed by atoms with Gasteiger partial charge in [-0.3, -0.25) is 4.79 Å². The SMILES string of the molecule is CCN1CCC(Cl)C1=O. The van der Waals surface area contributed by atoms with E-state index in [0.29, 0.717) is 0 Å². The molecular weight excluding hydrogens is 138 g/mol. The van der Waals surface area contributed by atoms with Gasteiger partial charge in [-0.25, -0.2) is 0 Å². The number of halogens is 1. The summed E-state index contributed by atoms with van der Waals surface area (Å²) in [6.07, 6.45) is 0.814. The van der Waals surface area contributed by atoms with E-state index >= 15 is 0 Å². The molecule has 0 aromatic heterocycles. The molecule has 1 amide bonds. The molecule has 0 saturated carbocycles. The Balaban J connectivity index is 2.51. The van der Waals surface area contributed by atoms with E-state index in [1.165, 1.54) is 0 Å². The topological polar surface area (TPSA) is 20.3 Å². The first-order valence-electron chi connectivity index (χ1n) is 3.18. The summed E-state index contributed by atoms with van der Waals surface area (Å²) >= 11 is 5.64. The van der Waals surface area contributed by atoms with Crippen molar-refractivity contribution in [1.82, 2.24) is 4.90 Å². The van der Waals surface area contributed by atoms with Gasteiger partial charge in [0.1, 0.15) is 5.38 Å². The zero-order chi connectivity index (χ0) is 6.85. The highest BCUT2D eigenvalue weighted by molar-refractivity contribution is 6.31. The van der Waals surface area contributed by atoms with Crippen molar-refractivity contribution in [3.8, 4) is 0 Å². The van der Waals surface area contributed by atoms with Gasteiger partial charge in [0.15, 0.2) is 0 Å². The quantitative estimate of drug-likeness (QED) is 0.504. The Kier molecular flexibility index (Phi) is 1.96. The summed E-state index contributed by atoms with van der Waals surface area (Å²) in [6, 6.07) is 0. The summed E-state index contributed by atoms with van der Waals surface area (Å²) in [5.74, 6) is 0.0965. The molecular formula is C6H10ClNO. The van der Waals surface area contributed by atoms with Crippen LogP contribution in [-0.4, -0.2) is 29.3 Å². The largest absolute Gasteiger partial charge is 0.342 e. The maximum atomic E-state index is 10.9. The predicted molar refractivity (Wildman–Crippen MR) is 36.5 cm³/mol. The van der Waals surface area contributed by atoms with Gasteiger partial charge in [-0.15, -0.1) is 11.6 Å². The van der Waals surface area contributed by atoms with Crippen LogP contribution >= 0.6 is 11.6 Å². The minimum Gasteiger partial charge on any atom is -0.342 e. The van der Waals surface area contributed by atoms with E-state index in [0.717, 1.165) is 19.5 Å². The van der Waals surface area contributed by atoms with Gasteiger partial charge in [-0.2, -0.15) is 0 Å². The lowest BCUT2D eigenvalue weighted by molar-refractivity contribution is -0.127. The lowest BCUT2D eigenvalue weighted by Gasteiger charge is -2.10. The summed E-state index contributed by atoms with van der Waals surface area (Å²) in [4.78, 5) is 12.7. The molecule has 2 nitrogen and oxygen atoms in total. The second-order valence-corrected chi connectivity index (χ2v) is 2.70. The van der Waals surface area contributed by atoms with Crippen LogP contribution in [0.2, 0.25) is 0 Å². The van der Waals surface area contributed by atoms with Crippen molar-refractivity contribution >= 4 is 17.5 Å². The van der Waals surface area contributed by atoms with Gasteiger partial charge in [0, 0.05) is 13.1 Å². The van der Waals surface area contributed by atoms with Gasteiger partial charge in [0.05, 0.1) is 0 Å². The summed E-state index contributed by atoms with van der Waals surface area (Å²) in [6.45, 7) is 3.60. The molecule has 1 saturated heterocycles. The van der Waals surface area contributed by atoms with Gasteiger partial charge < -0.3 is 4.90 Å². The highest BCUT2D eigenvalue weighted by Gasteiger charge is 2.27. The molecule has 0 aliphatic carbocycles. The first-order chi connectivity index (χ1) is 4.25. The maximum absolute atomic E-state index is 10.9. The van der Waals surface area contributed by atoms with Crippen molar-refractivity contribution < 1.29 is 4.79 Å². The lowest BCUT2D eigenvalue weighted by atomic mass is 10.4. The minimum absolute atomic E-state index is 0.0965. The average Bonchev–Trinajstić information content (AvgIpc) is 2.15. The monoisotopic (exact) mass is 147 g/mol.